The van der Waals surface area contributed by atoms with Crippen molar-refractivity contribution in [2.24, 2.45) is 0 Å². The van der Waals surface area contributed by atoms with E-state index in [0.29, 0.717) is 33.5 Å². The second kappa shape index (κ2) is 9.38. The fourth-order valence-electron chi connectivity index (χ4n) is 3.55. The highest BCUT2D eigenvalue weighted by Gasteiger charge is 2.40. The van der Waals surface area contributed by atoms with E-state index in [2.05, 4.69) is 5.32 Å². The summed E-state index contributed by atoms with van der Waals surface area (Å²) in [6.07, 6.45) is 0.0495. The maximum Gasteiger partial charge on any atom is 0.282 e. The van der Waals surface area contributed by atoms with Crippen LogP contribution < -0.4 is 19.7 Å². The third kappa shape index (κ3) is 4.71. The van der Waals surface area contributed by atoms with Gasteiger partial charge in [-0.05, 0) is 74.0 Å². The van der Waals surface area contributed by atoms with Gasteiger partial charge in [0.05, 0.1) is 24.5 Å². The van der Waals surface area contributed by atoms with Gasteiger partial charge in [0.2, 0.25) is 0 Å². The topological polar surface area (TPSA) is 67.9 Å². The van der Waals surface area contributed by atoms with Gasteiger partial charge in [0.25, 0.3) is 11.8 Å². The van der Waals surface area contributed by atoms with E-state index in [1.807, 2.05) is 26.0 Å². The summed E-state index contributed by atoms with van der Waals surface area (Å²) < 4.78 is 10.9. The van der Waals surface area contributed by atoms with Crippen LogP contribution >= 0.6 is 11.6 Å². The van der Waals surface area contributed by atoms with Crippen molar-refractivity contribution in [1.82, 2.24) is 0 Å². The first-order valence-corrected chi connectivity index (χ1v) is 10.8. The SMILES string of the molecule is COc1ccc(C2=C(Nc3ccc(OC(C)C)cc3)C(=O)N(c3cccc(Cl)c3)C2=O)cc1. The fraction of sp³-hybridized carbons (Fsp3) is 0.154. The van der Waals surface area contributed by atoms with Crippen LogP contribution in [0.2, 0.25) is 5.02 Å². The number of hydrogen-bond donors (Lipinski definition) is 1. The predicted octanol–water partition coefficient (Wildman–Crippen LogP) is 5.53. The van der Waals surface area contributed by atoms with Crippen molar-refractivity contribution in [2.45, 2.75) is 20.0 Å². The number of imide groups is 1. The highest BCUT2D eigenvalue weighted by Crippen LogP contribution is 2.35. The van der Waals surface area contributed by atoms with Crippen LogP contribution in [0.25, 0.3) is 5.57 Å². The molecule has 0 unspecified atom stereocenters. The molecule has 1 heterocycles. The van der Waals surface area contributed by atoms with Crippen LogP contribution in [-0.2, 0) is 9.59 Å². The quantitative estimate of drug-likeness (QED) is 0.467. The maximum absolute atomic E-state index is 13.5. The molecule has 1 aliphatic rings. The molecule has 0 spiro atoms. The van der Waals surface area contributed by atoms with Crippen molar-refractivity contribution in [1.29, 1.82) is 0 Å². The Morgan fingerprint density at radius 2 is 1.55 bits per heavy atom. The minimum atomic E-state index is -0.462. The van der Waals surface area contributed by atoms with Crippen LogP contribution in [0.4, 0.5) is 11.4 Å². The normalized spacial score (nSPS) is 13.7. The van der Waals surface area contributed by atoms with Gasteiger partial charge in [0.1, 0.15) is 17.2 Å². The summed E-state index contributed by atoms with van der Waals surface area (Å²) in [7, 11) is 1.57. The molecule has 0 saturated heterocycles. The molecule has 33 heavy (non-hydrogen) atoms. The molecule has 0 aliphatic carbocycles. The Labute approximate surface area is 197 Å². The van der Waals surface area contributed by atoms with E-state index in [0.717, 1.165) is 4.90 Å². The average molecular weight is 463 g/mol. The Hall–Kier alpha value is -3.77. The summed E-state index contributed by atoms with van der Waals surface area (Å²) in [5.41, 5.74) is 2.11. The molecule has 3 aromatic carbocycles. The number of carbonyl (C=O) groups excluding carboxylic acids is 2. The average Bonchev–Trinajstić information content (AvgIpc) is 3.04. The first-order valence-electron chi connectivity index (χ1n) is 10.4. The zero-order valence-corrected chi connectivity index (χ0v) is 19.2. The first-order chi connectivity index (χ1) is 15.9. The molecule has 1 N–H and O–H groups in total. The fourth-order valence-corrected chi connectivity index (χ4v) is 3.74. The van der Waals surface area contributed by atoms with Crippen molar-refractivity contribution in [3.8, 4) is 11.5 Å². The number of nitrogens with zero attached hydrogens (tertiary/aromatic N) is 1. The molecule has 7 heteroatoms. The minimum absolute atomic E-state index is 0.0495. The largest absolute Gasteiger partial charge is 0.497 e. The third-order valence-corrected chi connectivity index (χ3v) is 5.26. The molecular formula is C26H23ClN2O4. The zero-order chi connectivity index (χ0) is 23.5. The second-order valence-corrected chi connectivity index (χ2v) is 8.16. The van der Waals surface area contributed by atoms with E-state index in [9.17, 15) is 9.59 Å². The molecule has 0 atom stereocenters. The van der Waals surface area contributed by atoms with Crippen LogP contribution in [0.5, 0.6) is 11.5 Å². The molecule has 1 aliphatic heterocycles. The number of amides is 2. The van der Waals surface area contributed by atoms with Gasteiger partial charge in [-0.3, -0.25) is 9.59 Å². The monoisotopic (exact) mass is 462 g/mol. The lowest BCUT2D eigenvalue weighted by atomic mass is 10.0. The summed E-state index contributed by atoms with van der Waals surface area (Å²) >= 11 is 6.12. The third-order valence-electron chi connectivity index (χ3n) is 5.02. The van der Waals surface area contributed by atoms with E-state index in [4.69, 9.17) is 21.1 Å². The van der Waals surface area contributed by atoms with E-state index < -0.39 is 11.8 Å². The smallest absolute Gasteiger partial charge is 0.282 e. The van der Waals surface area contributed by atoms with E-state index >= 15 is 0 Å². The lowest BCUT2D eigenvalue weighted by Gasteiger charge is -2.16. The number of nitrogens with one attached hydrogen (secondary N) is 1. The van der Waals surface area contributed by atoms with Gasteiger partial charge in [-0.2, -0.15) is 0 Å². The summed E-state index contributed by atoms with van der Waals surface area (Å²) in [6, 6.07) is 20.9. The summed E-state index contributed by atoms with van der Waals surface area (Å²) in [6.45, 7) is 3.90. The van der Waals surface area contributed by atoms with Crippen LogP contribution in [0.1, 0.15) is 19.4 Å². The van der Waals surface area contributed by atoms with E-state index in [-0.39, 0.29) is 17.4 Å². The first kappa shape index (κ1) is 22.4. The van der Waals surface area contributed by atoms with E-state index in [1.54, 1.807) is 67.8 Å². The molecule has 0 aromatic heterocycles. The van der Waals surface area contributed by atoms with Gasteiger partial charge >= 0.3 is 0 Å². The maximum atomic E-state index is 13.5. The molecule has 2 amide bonds. The van der Waals surface area contributed by atoms with Crippen LogP contribution in [0, 0.1) is 0 Å². The Kier molecular flexibility index (Phi) is 6.38. The predicted molar refractivity (Wildman–Crippen MR) is 130 cm³/mol. The van der Waals surface area contributed by atoms with Gasteiger partial charge in [-0.25, -0.2) is 4.90 Å². The Balaban J connectivity index is 1.74. The van der Waals surface area contributed by atoms with Crippen molar-refractivity contribution >= 4 is 40.4 Å². The summed E-state index contributed by atoms with van der Waals surface area (Å²) in [5, 5.41) is 3.57. The minimum Gasteiger partial charge on any atom is -0.497 e. The Morgan fingerprint density at radius 3 is 2.15 bits per heavy atom. The lowest BCUT2D eigenvalue weighted by Crippen LogP contribution is -2.32. The highest BCUT2D eigenvalue weighted by atomic mass is 35.5. The molecule has 4 rings (SSSR count). The number of halogens is 1. The van der Waals surface area contributed by atoms with Crippen LogP contribution in [-0.4, -0.2) is 25.0 Å². The number of carbonyl (C=O) groups is 2. The van der Waals surface area contributed by atoms with Gasteiger partial charge in [-0.1, -0.05) is 29.8 Å². The molecular weight excluding hydrogens is 440 g/mol. The molecule has 0 saturated carbocycles. The van der Waals surface area contributed by atoms with Gasteiger partial charge in [0.15, 0.2) is 0 Å². The molecule has 0 radical (unpaired) electrons. The van der Waals surface area contributed by atoms with E-state index in [1.165, 1.54) is 0 Å². The second-order valence-electron chi connectivity index (χ2n) is 7.72. The lowest BCUT2D eigenvalue weighted by molar-refractivity contribution is -0.120. The highest BCUT2D eigenvalue weighted by molar-refractivity contribution is 6.46. The molecule has 0 bridgehead atoms. The van der Waals surface area contributed by atoms with Gasteiger partial charge < -0.3 is 14.8 Å². The Bertz CT molecular complexity index is 1220. The summed E-state index contributed by atoms with van der Waals surface area (Å²) in [4.78, 5) is 28.0. The van der Waals surface area contributed by atoms with Gasteiger partial charge in [0, 0.05) is 10.7 Å². The Morgan fingerprint density at radius 1 is 0.879 bits per heavy atom. The van der Waals surface area contributed by atoms with Crippen molar-refractivity contribution in [3.63, 3.8) is 0 Å². The number of hydrogen-bond acceptors (Lipinski definition) is 5. The van der Waals surface area contributed by atoms with Crippen LogP contribution in [0.3, 0.4) is 0 Å². The molecule has 6 nitrogen and oxygen atoms in total. The number of benzene rings is 3. The van der Waals surface area contributed by atoms with Crippen molar-refractivity contribution < 1.29 is 19.1 Å². The molecule has 0 fully saturated rings. The summed E-state index contributed by atoms with van der Waals surface area (Å²) in [5.74, 6) is 0.470. The number of rotatable bonds is 7. The molecule has 168 valence electrons. The zero-order valence-electron chi connectivity index (χ0n) is 18.5. The van der Waals surface area contributed by atoms with Crippen molar-refractivity contribution in [3.05, 3.63) is 89.1 Å². The van der Waals surface area contributed by atoms with Gasteiger partial charge in [-0.15, -0.1) is 0 Å². The number of methoxy groups -OCH3 is 1. The number of ether oxygens (including phenoxy) is 2. The molecule has 3 aromatic rings. The number of anilines is 2. The van der Waals surface area contributed by atoms with Crippen LogP contribution in [0.15, 0.2) is 78.5 Å². The van der Waals surface area contributed by atoms with Crippen molar-refractivity contribution in [2.75, 3.05) is 17.3 Å². The standard InChI is InChI=1S/C26H23ClN2O4/c1-16(2)33-22-13-9-19(10-14-22)28-24-23(17-7-11-21(32-3)12-8-17)25(30)29(26(24)31)20-6-4-5-18(27)15-20/h4-16,28H,1-3H3.